The molecule has 0 radical (unpaired) electrons. The van der Waals surface area contributed by atoms with Crippen molar-refractivity contribution in [1.29, 1.82) is 0 Å². The molecule has 1 aromatic carbocycles. The molecule has 3 aromatic rings. The highest BCUT2D eigenvalue weighted by Crippen LogP contribution is 2.17. The van der Waals surface area contributed by atoms with E-state index in [9.17, 15) is 4.79 Å². The molecule has 26 heavy (non-hydrogen) atoms. The van der Waals surface area contributed by atoms with Crippen molar-refractivity contribution in [2.75, 3.05) is 13.1 Å². The Balaban J connectivity index is 1.36. The van der Waals surface area contributed by atoms with E-state index in [1.165, 1.54) is 0 Å². The van der Waals surface area contributed by atoms with Crippen molar-refractivity contribution in [1.82, 2.24) is 29.9 Å². The van der Waals surface area contributed by atoms with Crippen LogP contribution >= 0.6 is 0 Å². The Bertz CT molecular complexity index is 860. The zero-order chi connectivity index (χ0) is 17.8. The number of amides is 1. The summed E-state index contributed by atoms with van der Waals surface area (Å²) < 4.78 is 7.37. The first-order valence-corrected chi connectivity index (χ1v) is 8.50. The Labute approximate surface area is 150 Å². The summed E-state index contributed by atoms with van der Waals surface area (Å²) in [5.74, 6) is -0.110. The smallest absolute Gasteiger partial charge is 0.316 e. The van der Waals surface area contributed by atoms with E-state index in [1.807, 2.05) is 30.3 Å². The van der Waals surface area contributed by atoms with E-state index in [0.29, 0.717) is 24.8 Å². The third-order valence-electron chi connectivity index (χ3n) is 4.28. The fraction of sp³-hybridized carbons (Fsp3) is 0.278. The second-order valence-corrected chi connectivity index (χ2v) is 6.02. The minimum atomic E-state index is -0.110. The molecular formula is C18H18N6O2. The van der Waals surface area contributed by atoms with Gasteiger partial charge in [0, 0.05) is 38.3 Å². The number of nitrogens with zero attached hydrogens (tertiary/aromatic N) is 6. The van der Waals surface area contributed by atoms with Crippen molar-refractivity contribution in [3.63, 3.8) is 0 Å². The van der Waals surface area contributed by atoms with E-state index in [1.54, 1.807) is 34.2 Å². The van der Waals surface area contributed by atoms with Crippen LogP contribution in [0.15, 0.2) is 55.0 Å². The summed E-state index contributed by atoms with van der Waals surface area (Å²) in [4.78, 5) is 22.6. The maximum absolute atomic E-state index is 12.7. The lowest BCUT2D eigenvalue weighted by molar-refractivity contribution is 0.0573. The average molecular weight is 350 g/mol. The van der Waals surface area contributed by atoms with E-state index in [2.05, 4.69) is 20.3 Å². The van der Waals surface area contributed by atoms with Gasteiger partial charge in [-0.2, -0.15) is 0 Å². The van der Waals surface area contributed by atoms with E-state index in [0.717, 1.165) is 18.5 Å². The van der Waals surface area contributed by atoms with Crippen LogP contribution in [0.2, 0.25) is 0 Å². The summed E-state index contributed by atoms with van der Waals surface area (Å²) in [7, 11) is 0. The first-order chi connectivity index (χ1) is 12.8. The predicted octanol–water partition coefficient (Wildman–Crippen LogP) is 1.74. The normalized spacial score (nSPS) is 15.0. The van der Waals surface area contributed by atoms with Gasteiger partial charge in [0.2, 0.25) is 0 Å². The molecule has 0 saturated carbocycles. The van der Waals surface area contributed by atoms with E-state index in [-0.39, 0.29) is 12.0 Å². The molecule has 0 unspecified atom stereocenters. The maximum Gasteiger partial charge on any atom is 0.316 e. The minimum Gasteiger partial charge on any atom is -0.460 e. The molecule has 1 aliphatic rings. The number of carbonyl (C=O) groups excluding carboxylic acids is 1. The van der Waals surface area contributed by atoms with Crippen LogP contribution in [0.25, 0.3) is 5.69 Å². The molecule has 2 aromatic heterocycles. The van der Waals surface area contributed by atoms with Gasteiger partial charge in [-0.25, -0.2) is 14.6 Å². The van der Waals surface area contributed by atoms with Gasteiger partial charge in [-0.1, -0.05) is 23.4 Å². The summed E-state index contributed by atoms with van der Waals surface area (Å²) in [6, 6.07) is 11.7. The van der Waals surface area contributed by atoms with Crippen LogP contribution in [0.4, 0.5) is 0 Å². The number of carbonyl (C=O) groups is 1. The van der Waals surface area contributed by atoms with Crippen molar-refractivity contribution in [2.45, 2.75) is 18.9 Å². The van der Waals surface area contributed by atoms with Gasteiger partial charge in [0.15, 0.2) is 5.69 Å². The monoisotopic (exact) mass is 350 g/mol. The number of ether oxygens (including phenoxy) is 1. The number of hydrogen-bond acceptors (Lipinski definition) is 6. The first-order valence-electron chi connectivity index (χ1n) is 8.50. The Morgan fingerprint density at radius 1 is 1.04 bits per heavy atom. The predicted molar refractivity (Wildman–Crippen MR) is 92.9 cm³/mol. The molecule has 8 heteroatoms. The van der Waals surface area contributed by atoms with Crippen molar-refractivity contribution in [2.24, 2.45) is 0 Å². The topological polar surface area (TPSA) is 86.0 Å². The third-order valence-corrected chi connectivity index (χ3v) is 4.28. The number of rotatable bonds is 4. The maximum atomic E-state index is 12.7. The van der Waals surface area contributed by atoms with Crippen LogP contribution in [-0.2, 0) is 0 Å². The molecular weight excluding hydrogens is 332 g/mol. The molecule has 132 valence electrons. The summed E-state index contributed by atoms with van der Waals surface area (Å²) in [5.41, 5.74) is 1.22. The molecule has 0 spiro atoms. The third kappa shape index (κ3) is 3.53. The van der Waals surface area contributed by atoms with Gasteiger partial charge in [0.25, 0.3) is 5.91 Å². The summed E-state index contributed by atoms with van der Waals surface area (Å²) >= 11 is 0. The van der Waals surface area contributed by atoms with Gasteiger partial charge >= 0.3 is 6.01 Å². The van der Waals surface area contributed by atoms with Crippen LogP contribution in [0, 0.1) is 0 Å². The number of piperidine rings is 1. The second-order valence-electron chi connectivity index (χ2n) is 6.02. The lowest BCUT2D eigenvalue weighted by Gasteiger charge is -2.31. The van der Waals surface area contributed by atoms with Gasteiger partial charge in [0.05, 0.1) is 11.9 Å². The number of benzene rings is 1. The largest absolute Gasteiger partial charge is 0.460 e. The Morgan fingerprint density at radius 2 is 1.77 bits per heavy atom. The van der Waals surface area contributed by atoms with Gasteiger partial charge < -0.3 is 9.64 Å². The van der Waals surface area contributed by atoms with Crippen LogP contribution in [0.5, 0.6) is 6.01 Å². The quantitative estimate of drug-likeness (QED) is 0.712. The van der Waals surface area contributed by atoms with Crippen molar-refractivity contribution in [3.8, 4) is 11.7 Å². The van der Waals surface area contributed by atoms with E-state index in [4.69, 9.17) is 4.74 Å². The Kier molecular flexibility index (Phi) is 4.55. The summed E-state index contributed by atoms with van der Waals surface area (Å²) in [5, 5.41) is 8.08. The fourth-order valence-corrected chi connectivity index (χ4v) is 2.90. The standard InChI is InChI=1S/C18H18N6O2/c25-17(16-13-24(22-21-16)14-5-2-1-3-6-14)23-11-7-15(8-12-23)26-18-19-9-4-10-20-18/h1-6,9-10,13,15H,7-8,11-12H2. The molecule has 0 atom stereocenters. The molecule has 0 aliphatic carbocycles. The van der Waals surface area contributed by atoms with Crippen LogP contribution in [0.3, 0.4) is 0 Å². The Morgan fingerprint density at radius 3 is 2.50 bits per heavy atom. The van der Waals surface area contributed by atoms with Crippen molar-refractivity contribution < 1.29 is 9.53 Å². The highest BCUT2D eigenvalue weighted by atomic mass is 16.5. The van der Waals surface area contributed by atoms with E-state index >= 15 is 0 Å². The zero-order valence-corrected chi connectivity index (χ0v) is 14.1. The molecule has 0 bridgehead atoms. The number of likely N-dealkylation sites (tertiary alicyclic amines) is 1. The van der Waals surface area contributed by atoms with Crippen LogP contribution in [-0.4, -0.2) is 55.0 Å². The molecule has 3 heterocycles. The molecule has 0 N–H and O–H groups in total. The number of hydrogen-bond donors (Lipinski definition) is 0. The van der Waals surface area contributed by atoms with Gasteiger partial charge in [-0.15, -0.1) is 5.10 Å². The lowest BCUT2D eigenvalue weighted by atomic mass is 10.1. The first kappa shape index (κ1) is 16.2. The van der Waals surface area contributed by atoms with Crippen LogP contribution < -0.4 is 4.74 Å². The molecule has 1 aliphatic heterocycles. The molecule has 4 rings (SSSR count). The zero-order valence-electron chi connectivity index (χ0n) is 14.1. The molecule has 1 saturated heterocycles. The van der Waals surface area contributed by atoms with E-state index < -0.39 is 0 Å². The average Bonchev–Trinajstić information content (AvgIpc) is 3.20. The number of aromatic nitrogens is 5. The Hall–Kier alpha value is -3.29. The van der Waals surface area contributed by atoms with Crippen molar-refractivity contribution >= 4 is 5.91 Å². The molecule has 1 fully saturated rings. The molecule has 8 nitrogen and oxygen atoms in total. The fourth-order valence-electron chi connectivity index (χ4n) is 2.90. The van der Waals surface area contributed by atoms with Gasteiger partial charge in [-0.3, -0.25) is 4.79 Å². The van der Waals surface area contributed by atoms with Crippen molar-refractivity contribution in [3.05, 3.63) is 60.7 Å². The highest BCUT2D eigenvalue weighted by molar-refractivity contribution is 5.92. The summed E-state index contributed by atoms with van der Waals surface area (Å²) in [6.07, 6.45) is 6.45. The van der Waals surface area contributed by atoms with Gasteiger partial charge in [-0.05, 0) is 18.2 Å². The summed E-state index contributed by atoms with van der Waals surface area (Å²) in [6.45, 7) is 1.21. The van der Waals surface area contributed by atoms with Crippen LogP contribution in [0.1, 0.15) is 23.3 Å². The highest BCUT2D eigenvalue weighted by Gasteiger charge is 2.26. The van der Waals surface area contributed by atoms with Gasteiger partial charge in [0.1, 0.15) is 6.10 Å². The molecule has 1 amide bonds. The SMILES string of the molecule is O=C(c1cn(-c2ccccc2)nn1)N1CCC(Oc2ncccn2)CC1. The second kappa shape index (κ2) is 7.30. The minimum absolute atomic E-state index is 0.0152. The number of para-hydroxylation sites is 1. The lowest BCUT2D eigenvalue weighted by Crippen LogP contribution is -2.42.